The van der Waals surface area contributed by atoms with E-state index in [4.69, 9.17) is 11.8 Å². The Kier molecular flexibility index (Phi) is 10.4. The first-order chi connectivity index (χ1) is 5.91. The van der Waals surface area contributed by atoms with Crippen molar-refractivity contribution >= 4 is 23.5 Å². The topological polar surface area (TPSA) is 28.1 Å². The molecule has 4 heteroatoms. The van der Waals surface area contributed by atoms with Gasteiger partial charge in [0.2, 0.25) is 6.54 Å². The molecule has 0 unspecified atom stereocenters. The third kappa shape index (κ3) is 9.68. The van der Waals surface area contributed by atoms with Crippen LogP contribution in [0.25, 0.3) is 4.85 Å². The van der Waals surface area contributed by atoms with Crippen LogP contribution >= 0.6 is 23.5 Å². The predicted molar refractivity (Wildman–Crippen MR) is 56.3 cm³/mol. The Balaban J connectivity index is 2.84. The van der Waals surface area contributed by atoms with Gasteiger partial charge in [-0.1, -0.05) is 0 Å². The molecule has 66 valence electrons. The molecule has 12 heavy (non-hydrogen) atoms. The lowest BCUT2D eigenvalue weighted by Gasteiger charge is -1.96. The Bertz CT molecular complexity index is 149. The molecular formula is C8H12N2S2. The van der Waals surface area contributed by atoms with Gasteiger partial charge in [0.15, 0.2) is 0 Å². The van der Waals surface area contributed by atoms with Gasteiger partial charge in [0.05, 0.1) is 11.8 Å². The second-order valence-electron chi connectivity index (χ2n) is 2.01. The van der Waals surface area contributed by atoms with Gasteiger partial charge in [-0.3, -0.25) is 0 Å². The van der Waals surface area contributed by atoms with Crippen molar-refractivity contribution in [2.75, 3.05) is 29.6 Å². The van der Waals surface area contributed by atoms with Gasteiger partial charge in [-0.05, 0) is 0 Å². The van der Waals surface area contributed by atoms with E-state index in [1.807, 2.05) is 23.5 Å². The van der Waals surface area contributed by atoms with Crippen molar-refractivity contribution in [1.82, 2.24) is 0 Å². The highest BCUT2D eigenvalue weighted by molar-refractivity contribution is 8.02. The first-order valence-electron chi connectivity index (χ1n) is 3.77. The average molecular weight is 200 g/mol. The van der Waals surface area contributed by atoms with Gasteiger partial charge in [0.1, 0.15) is 0 Å². The minimum atomic E-state index is 0.632. The van der Waals surface area contributed by atoms with Crippen LogP contribution in [0.5, 0.6) is 0 Å². The van der Waals surface area contributed by atoms with Gasteiger partial charge in [0.25, 0.3) is 0 Å². The molecule has 0 aromatic rings. The van der Waals surface area contributed by atoms with Crippen LogP contribution < -0.4 is 0 Å². The van der Waals surface area contributed by atoms with Crippen molar-refractivity contribution in [2.24, 2.45) is 0 Å². The van der Waals surface area contributed by atoms with Crippen LogP contribution in [0, 0.1) is 17.9 Å². The van der Waals surface area contributed by atoms with Crippen LogP contribution in [0.15, 0.2) is 0 Å². The zero-order valence-electron chi connectivity index (χ0n) is 6.95. The average Bonchev–Trinajstić information content (AvgIpc) is 2.10. The molecular weight excluding hydrogens is 188 g/mol. The molecule has 0 heterocycles. The first kappa shape index (κ1) is 11.7. The molecule has 0 N–H and O–H groups in total. The molecule has 0 spiro atoms. The Morgan fingerprint density at radius 1 is 1.17 bits per heavy atom. The van der Waals surface area contributed by atoms with Crippen LogP contribution in [0.1, 0.15) is 6.42 Å². The van der Waals surface area contributed by atoms with Crippen LogP contribution in [0.2, 0.25) is 0 Å². The second-order valence-corrected chi connectivity index (χ2v) is 4.46. The van der Waals surface area contributed by atoms with Crippen molar-refractivity contribution in [3.8, 4) is 6.07 Å². The van der Waals surface area contributed by atoms with Crippen molar-refractivity contribution < 1.29 is 0 Å². The number of rotatable bonds is 7. The van der Waals surface area contributed by atoms with Gasteiger partial charge in [-0.25, -0.2) is 6.57 Å². The van der Waals surface area contributed by atoms with E-state index < -0.39 is 0 Å². The molecule has 0 radical (unpaired) electrons. The fourth-order valence-electron chi connectivity index (χ4n) is 0.550. The minimum Gasteiger partial charge on any atom is -0.316 e. The van der Waals surface area contributed by atoms with Gasteiger partial charge in [-0.2, -0.15) is 28.8 Å². The molecule has 0 aromatic carbocycles. The summed E-state index contributed by atoms with van der Waals surface area (Å²) in [6.07, 6.45) is 0.650. The van der Waals surface area contributed by atoms with Crippen LogP contribution in [0.3, 0.4) is 0 Å². The number of hydrogen-bond donors (Lipinski definition) is 0. The highest BCUT2D eigenvalue weighted by Gasteiger charge is 1.91. The largest absolute Gasteiger partial charge is 0.316 e. The van der Waals surface area contributed by atoms with Crippen LogP contribution in [0.4, 0.5) is 0 Å². The van der Waals surface area contributed by atoms with E-state index in [1.165, 1.54) is 0 Å². The van der Waals surface area contributed by atoms with E-state index in [0.29, 0.717) is 13.0 Å². The third-order valence-corrected chi connectivity index (χ3v) is 3.29. The summed E-state index contributed by atoms with van der Waals surface area (Å²) in [6.45, 7) is 7.18. The molecule has 0 atom stereocenters. The second kappa shape index (κ2) is 10.7. The summed E-state index contributed by atoms with van der Waals surface area (Å²) in [5.74, 6) is 4.10. The third-order valence-electron chi connectivity index (χ3n) is 1.08. The Hall–Kier alpha value is -0.320. The van der Waals surface area contributed by atoms with Crippen LogP contribution in [-0.2, 0) is 0 Å². The minimum absolute atomic E-state index is 0.632. The lowest BCUT2D eigenvalue weighted by molar-refractivity contribution is 1.24. The Morgan fingerprint density at radius 3 is 2.42 bits per heavy atom. The predicted octanol–water partition coefficient (Wildman–Crippen LogP) is 2.29. The first-order valence-corrected chi connectivity index (χ1v) is 6.08. The molecule has 0 aliphatic rings. The molecule has 0 saturated heterocycles. The Morgan fingerprint density at radius 2 is 1.83 bits per heavy atom. The molecule has 0 aromatic heterocycles. The lowest BCUT2D eigenvalue weighted by Crippen LogP contribution is -1.89. The maximum Gasteiger partial charge on any atom is 0.223 e. The van der Waals surface area contributed by atoms with Crippen molar-refractivity contribution in [3.63, 3.8) is 0 Å². The number of nitriles is 1. The van der Waals surface area contributed by atoms with Crippen molar-refractivity contribution in [3.05, 3.63) is 11.4 Å². The fourth-order valence-corrected chi connectivity index (χ4v) is 2.36. The molecule has 0 amide bonds. The summed E-state index contributed by atoms with van der Waals surface area (Å²) in [6, 6.07) is 2.11. The molecule has 0 fully saturated rings. The highest BCUT2D eigenvalue weighted by Crippen LogP contribution is 2.07. The summed E-state index contributed by atoms with van der Waals surface area (Å²) in [7, 11) is 0. The number of thioether (sulfide) groups is 2. The van der Waals surface area contributed by atoms with Gasteiger partial charge >= 0.3 is 0 Å². The lowest BCUT2D eigenvalue weighted by atomic mass is 10.6. The summed E-state index contributed by atoms with van der Waals surface area (Å²) in [5, 5.41) is 8.24. The normalized spacial score (nSPS) is 8.83. The Labute approximate surface area is 82.5 Å². The molecule has 0 bridgehead atoms. The van der Waals surface area contributed by atoms with E-state index in [0.717, 1.165) is 23.0 Å². The van der Waals surface area contributed by atoms with E-state index in [-0.39, 0.29) is 0 Å². The SMILES string of the molecule is [C-]#[N+]CCSCCSCCC#N. The van der Waals surface area contributed by atoms with Crippen molar-refractivity contribution in [2.45, 2.75) is 6.42 Å². The fraction of sp³-hybridized carbons (Fsp3) is 0.750. The molecule has 2 nitrogen and oxygen atoms in total. The van der Waals surface area contributed by atoms with E-state index in [2.05, 4.69) is 10.9 Å². The summed E-state index contributed by atoms with van der Waals surface area (Å²) in [5.41, 5.74) is 0. The molecule has 0 aliphatic carbocycles. The number of hydrogen-bond acceptors (Lipinski definition) is 3. The number of nitrogens with zero attached hydrogens (tertiary/aromatic N) is 2. The van der Waals surface area contributed by atoms with Gasteiger partial charge < -0.3 is 4.85 Å². The molecule has 0 saturated carbocycles. The summed E-state index contributed by atoms with van der Waals surface area (Å²) in [4.78, 5) is 3.26. The van der Waals surface area contributed by atoms with Crippen molar-refractivity contribution in [1.29, 1.82) is 5.26 Å². The van der Waals surface area contributed by atoms with Crippen LogP contribution in [-0.4, -0.2) is 29.6 Å². The monoisotopic (exact) mass is 200 g/mol. The van der Waals surface area contributed by atoms with E-state index in [9.17, 15) is 0 Å². The summed E-state index contributed by atoms with van der Waals surface area (Å²) < 4.78 is 0. The maximum atomic E-state index is 8.24. The maximum absolute atomic E-state index is 8.24. The highest BCUT2D eigenvalue weighted by atomic mass is 32.2. The zero-order valence-corrected chi connectivity index (χ0v) is 8.59. The summed E-state index contributed by atoms with van der Waals surface area (Å²) >= 11 is 3.63. The van der Waals surface area contributed by atoms with E-state index >= 15 is 0 Å². The van der Waals surface area contributed by atoms with Gasteiger partial charge in [-0.15, -0.1) is 0 Å². The smallest absolute Gasteiger partial charge is 0.223 e. The zero-order chi connectivity index (χ0) is 9.07. The molecule has 0 rings (SSSR count). The van der Waals surface area contributed by atoms with E-state index in [1.54, 1.807) is 0 Å². The quantitative estimate of drug-likeness (QED) is 0.466. The standard InChI is InChI=1S/C8H12N2S2/c1-10-4-6-12-8-7-11-5-2-3-9/h2,4-8H2. The van der Waals surface area contributed by atoms with Gasteiger partial charge in [0, 0.05) is 23.7 Å². The molecule has 0 aliphatic heterocycles.